The monoisotopic (exact) mass is 173 g/mol. The number of hydrogen-bond acceptors (Lipinski definition) is 0. The molecule has 1 aromatic carbocycles. The van der Waals surface area contributed by atoms with Gasteiger partial charge in [0.25, 0.3) is 0 Å². The van der Waals surface area contributed by atoms with Gasteiger partial charge >= 0.3 is 6.18 Å². The largest absolute Gasteiger partial charge is 0.405 e. The smallest absolute Gasteiger partial charge is 0.199 e. The lowest BCUT2D eigenvalue weighted by Gasteiger charge is -2.13. The van der Waals surface area contributed by atoms with Gasteiger partial charge in [-0.1, -0.05) is 13.0 Å². The Hall–Kier alpha value is -1.12. The SMILES string of the molecule is [CH2-]c1cc(C)cc(C(F)(F)F)c1. The lowest BCUT2D eigenvalue weighted by Crippen LogP contribution is -2.05. The highest BCUT2D eigenvalue weighted by Gasteiger charge is 2.27. The van der Waals surface area contributed by atoms with Gasteiger partial charge in [0.1, 0.15) is 0 Å². The van der Waals surface area contributed by atoms with Crippen LogP contribution in [0.25, 0.3) is 0 Å². The molecule has 0 spiro atoms. The van der Waals surface area contributed by atoms with Gasteiger partial charge in [0, 0.05) is 0 Å². The van der Waals surface area contributed by atoms with Crippen molar-refractivity contribution >= 4 is 0 Å². The van der Waals surface area contributed by atoms with Crippen LogP contribution in [0.2, 0.25) is 0 Å². The standard InChI is InChI=1S/C9H8F3/c1-6-3-7(2)5-8(4-6)9(10,11)12/h3-5H,1H2,2H3/q-1. The first kappa shape index (κ1) is 8.97. The molecule has 0 radical (unpaired) electrons. The molecule has 0 aliphatic rings. The van der Waals surface area contributed by atoms with Crippen molar-refractivity contribution in [1.82, 2.24) is 0 Å². The molecule has 1 rings (SSSR count). The average molecular weight is 173 g/mol. The molecule has 0 saturated heterocycles. The van der Waals surface area contributed by atoms with Crippen molar-refractivity contribution in [1.29, 1.82) is 0 Å². The maximum Gasteiger partial charge on any atom is 0.405 e. The van der Waals surface area contributed by atoms with E-state index in [-0.39, 0.29) is 0 Å². The molecule has 1 aromatic rings. The fraction of sp³-hybridized carbons (Fsp3) is 0.222. The van der Waals surface area contributed by atoms with Crippen LogP contribution >= 0.6 is 0 Å². The Bertz CT molecular complexity index is 266. The van der Waals surface area contributed by atoms with E-state index in [1.807, 2.05) is 0 Å². The molecule has 0 atom stereocenters. The number of halogens is 3. The highest BCUT2D eigenvalue weighted by Crippen LogP contribution is 2.30. The number of aryl methyl sites for hydroxylation is 1. The molecular weight excluding hydrogens is 165 g/mol. The van der Waals surface area contributed by atoms with E-state index in [1.54, 1.807) is 13.0 Å². The van der Waals surface area contributed by atoms with Crippen LogP contribution in [0.1, 0.15) is 16.7 Å². The molecule has 0 aromatic heterocycles. The molecular formula is C9H8F3-. The molecule has 12 heavy (non-hydrogen) atoms. The van der Waals surface area contributed by atoms with Gasteiger partial charge in [-0.3, -0.25) is 0 Å². The lowest BCUT2D eigenvalue weighted by atomic mass is 10.1. The van der Waals surface area contributed by atoms with Gasteiger partial charge in [-0.15, -0.1) is 5.56 Å². The molecule has 0 N–H and O–H groups in total. The highest BCUT2D eigenvalue weighted by atomic mass is 19.4. The normalized spacial score (nSPS) is 11.7. The van der Waals surface area contributed by atoms with Gasteiger partial charge in [-0.25, -0.2) is 0 Å². The molecule has 3 heteroatoms. The number of hydrogen-bond donors (Lipinski definition) is 0. The highest BCUT2D eigenvalue weighted by molar-refractivity contribution is 5.32. The summed E-state index contributed by atoms with van der Waals surface area (Å²) in [4.78, 5) is 0. The van der Waals surface area contributed by atoms with E-state index < -0.39 is 11.7 Å². The quantitative estimate of drug-likeness (QED) is 0.528. The first-order chi connectivity index (χ1) is 5.39. The molecule has 0 heterocycles. The Kier molecular flexibility index (Phi) is 2.04. The molecule has 0 aliphatic heterocycles. The van der Waals surface area contributed by atoms with Crippen molar-refractivity contribution in [3.63, 3.8) is 0 Å². The summed E-state index contributed by atoms with van der Waals surface area (Å²) < 4.78 is 36.4. The summed E-state index contributed by atoms with van der Waals surface area (Å²) in [6.07, 6.45) is -4.27. The fourth-order valence-corrected chi connectivity index (χ4v) is 1.03. The van der Waals surface area contributed by atoms with Crippen LogP contribution in [0.15, 0.2) is 18.2 Å². The molecule has 0 saturated carbocycles. The van der Waals surface area contributed by atoms with Crippen LogP contribution in [-0.2, 0) is 6.18 Å². The predicted octanol–water partition coefficient (Wildman–Crippen LogP) is 3.20. The Morgan fingerprint density at radius 2 is 1.75 bits per heavy atom. The second-order valence-electron chi connectivity index (χ2n) is 2.71. The van der Waals surface area contributed by atoms with Gasteiger partial charge in [0.05, 0.1) is 0 Å². The number of rotatable bonds is 0. The minimum atomic E-state index is -4.27. The number of alkyl halides is 3. The third-order valence-electron chi connectivity index (χ3n) is 1.46. The van der Waals surface area contributed by atoms with E-state index in [1.165, 1.54) is 0 Å². The summed E-state index contributed by atoms with van der Waals surface area (Å²) in [5.41, 5.74) is 0.338. The maximum atomic E-state index is 12.1. The minimum Gasteiger partial charge on any atom is -0.199 e. The van der Waals surface area contributed by atoms with E-state index in [0.717, 1.165) is 12.1 Å². The van der Waals surface area contributed by atoms with Crippen LogP contribution in [0.5, 0.6) is 0 Å². The van der Waals surface area contributed by atoms with E-state index in [2.05, 4.69) is 6.92 Å². The summed E-state index contributed by atoms with van der Waals surface area (Å²) >= 11 is 0. The Labute approximate surface area is 69.0 Å². The zero-order valence-corrected chi connectivity index (χ0v) is 6.57. The third kappa shape index (κ3) is 1.94. The fourth-order valence-electron chi connectivity index (χ4n) is 1.03. The molecule has 0 nitrogen and oxygen atoms in total. The van der Waals surface area contributed by atoms with Crippen LogP contribution in [0, 0.1) is 13.8 Å². The summed E-state index contributed by atoms with van der Waals surface area (Å²) in [7, 11) is 0. The maximum absolute atomic E-state index is 12.1. The Morgan fingerprint density at radius 1 is 1.17 bits per heavy atom. The van der Waals surface area contributed by atoms with Crippen LogP contribution < -0.4 is 0 Å². The van der Waals surface area contributed by atoms with Crippen molar-refractivity contribution in [2.45, 2.75) is 13.1 Å². The number of benzene rings is 1. The van der Waals surface area contributed by atoms with Gasteiger partial charge in [-0.2, -0.15) is 37.8 Å². The van der Waals surface area contributed by atoms with Crippen molar-refractivity contribution in [2.24, 2.45) is 0 Å². The van der Waals surface area contributed by atoms with Crippen LogP contribution in [-0.4, -0.2) is 0 Å². The zero-order chi connectivity index (χ0) is 9.35. The van der Waals surface area contributed by atoms with E-state index in [4.69, 9.17) is 0 Å². The van der Waals surface area contributed by atoms with Gasteiger partial charge < -0.3 is 0 Å². The summed E-state index contributed by atoms with van der Waals surface area (Å²) in [5, 5.41) is 0. The molecule has 0 bridgehead atoms. The third-order valence-corrected chi connectivity index (χ3v) is 1.46. The first-order valence-electron chi connectivity index (χ1n) is 3.40. The van der Waals surface area contributed by atoms with Gasteiger partial charge in [0.15, 0.2) is 0 Å². The molecule has 0 unspecified atom stereocenters. The lowest BCUT2D eigenvalue weighted by molar-refractivity contribution is -0.137. The van der Waals surface area contributed by atoms with E-state index in [9.17, 15) is 13.2 Å². The summed E-state index contributed by atoms with van der Waals surface area (Å²) in [6.45, 7) is 5.07. The molecule has 66 valence electrons. The van der Waals surface area contributed by atoms with Crippen LogP contribution in [0.4, 0.5) is 13.2 Å². The Balaban J connectivity index is 3.18. The van der Waals surface area contributed by atoms with Crippen LogP contribution in [0.3, 0.4) is 0 Å². The topological polar surface area (TPSA) is 0 Å². The summed E-state index contributed by atoms with van der Waals surface area (Å²) in [6, 6.07) is 3.75. The van der Waals surface area contributed by atoms with Gasteiger partial charge in [-0.05, 0) is 5.56 Å². The van der Waals surface area contributed by atoms with Crippen molar-refractivity contribution in [2.75, 3.05) is 0 Å². The van der Waals surface area contributed by atoms with Gasteiger partial charge in [0.2, 0.25) is 0 Å². The zero-order valence-electron chi connectivity index (χ0n) is 6.57. The minimum absolute atomic E-state index is 0.391. The van der Waals surface area contributed by atoms with Crippen molar-refractivity contribution in [3.05, 3.63) is 41.8 Å². The predicted molar refractivity (Wildman–Crippen MR) is 40.6 cm³/mol. The van der Waals surface area contributed by atoms with E-state index >= 15 is 0 Å². The molecule has 0 fully saturated rings. The average Bonchev–Trinajstić information content (AvgIpc) is 1.82. The Morgan fingerprint density at radius 3 is 2.17 bits per heavy atom. The first-order valence-corrected chi connectivity index (χ1v) is 3.40. The second-order valence-corrected chi connectivity index (χ2v) is 2.71. The molecule has 0 aliphatic carbocycles. The van der Waals surface area contributed by atoms with Crippen molar-refractivity contribution < 1.29 is 13.2 Å². The molecule has 0 amide bonds. The van der Waals surface area contributed by atoms with Crippen molar-refractivity contribution in [3.8, 4) is 0 Å². The second kappa shape index (κ2) is 2.73. The summed E-state index contributed by atoms with van der Waals surface area (Å²) in [5.74, 6) is 0. The van der Waals surface area contributed by atoms with E-state index in [0.29, 0.717) is 11.1 Å².